The van der Waals surface area contributed by atoms with Gasteiger partial charge in [0.1, 0.15) is 16.9 Å². The topological polar surface area (TPSA) is 95.8 Å². The fraction of sp³-hybridized carbons (Fsp3) is 0.444. The van der Waals surface area contributed by atoms with E-state index in [1.807, 2.05) is 19.1 Å². The fourth-order valence-corrected chi connectivity index (χ4v) is 3.73. The third-order valence-corrected chi connectivity index (χ3v) is 5.43. The molecule has 2 aliphatic rings. The monoisotopic (exact) mass is 355 g/mol. The van der Waals surface area contributed by atoms with Crippen LogP contribution in [0.5, 0.6) is 0 Å². The van der Waals surface area contributed by atoms with Gasteiger partial charge in [0.15, 0.2) is 0 Å². The fourth-order valence-electron chi connectivity index (χ4n) is 3.73. The second kappa shape index (κ2) is 5.82. The highest BCUT2D eigenvalue weighted by Crippen LogP contribution is 2.35. The lowest BCUT2D eigenvalue weighted by molar-refractivity contribution is -0.134. The van der Waals surface area contributed by atoms with E-state index in [1.54, 1.807) is 16.7 Å². The number of rotatable bonds is 2. The molecule has 0 aromatic carbocycles. The maximum atomic E-state index is 12.8. The van der Waals surface area contributed by atoms with Crippen molar-refractivity contribution in [2.24, 2.45) is 5.92 Å². The molecule has 8 nitrogen and oxygen atoms in total. The van der Waals surface area contributed by atoms with Gasteiger partial charge in [0, 0.05) is 11.9 Å². The summed E-state index contributed by atoms with van der Waals surface area (Å²) in [5.41, 5.74) is 3.24. The zero-order valence-corrected chi connectivity index (χ0v) is 14.8. The molecular weight excluding hydrogens is 334 g/mol. The molecule has 26 heavy (non-hydrogen) atoms. The molecule has 1 spiro atoms. The van der Waals surface area contributed by atoms with Crippen molar-refractivity contribution in [2.45, 2.75) is 45.1 Å². The Bertz CT molecular complexity index is 911. The van der Waals surface area contributed by atoms with Crippen LogP contribution in [-0.2, 0) is 4.79 Å². The number of hydrogen-bond acceptors (Lipinski definition) is 4. The summed E-state index contributed by atoms with van der Waals surface area (Å²) in [5.74, 6) is -0.435. The molecule has 0 radical (unpaired) electrons. The summed E-state index contributed by atoms with van der Waals surface area (Å²) in [6, 6.07) is 4.96. The number of imidazole rings is 1. The molecule has 0 bridgehead atoms. The van der Waals surface area contributed by atoms with E-state index in [2.05, 4.69) is 22.7 Å². The number of hydrogen-bond donors (Lipinski definition) is 2. The zero-order chi connectivity index (χ0) is 18.5. The Balaban J connectivity index is 1.54. The molecule has 4 rings (SSSR count). The molecule has 0 atom stereocenters. The predicted molar refractivity (Wildman–Crippen MR) is 93.1 cm³/mol. The number of nitrogens with one attached hydrogen (secondary N) is 2. The van der Waals surface area contributed by atoms with Crippen LogP contribution >= 0.6 is 0 Å². The Morgan fingerprint density at radius 2 is 2.04 bits per heavy atom. The molecule has 2 aromatic heterocycles. The van der Waals surface area contributed by atoms with Crippen LogP contribution in [0.25, 0.3) is 5.65 Å². The van der Waals surface area contributed by atoms with Gasteiger partial charge < -0.3 is 9.72 Å². The second-order valence-corrected chi connectivity index (χ2v) is 7.30. The minimum atomic E-state index is -0.883. The number of aromatic nitrogens is 2. The highest BCUT2D eigenvalue weighted by Gasteiger charge is 2.53. The Morgan fingerprint density at radius 3 is 2.73 bits per heavy atom. The smallest absolute Gasteiger partial charge is 0.322 e. The minimum Gasteiger partial charge on any atom is -0.322 e. The minimum absolute atomic E-state index is 0.151. The van der Waals surface area contributed by atoms with Gasteiger partial charge in [-0.05, 0) is 50.7 Å². The van der Waals surface area contributed by atoms with Crippen molar-refractivity contribution in [3.8, 4) is 0 Å². The van der Waals surface area contributed by atoms with E-state index in [-0.39, 0.29) is 11.6 Å². The number of imide groups is 1. The Hall–Kier alpha value is -2.90. The first-order valence-corrected chi connectivity index (χ1v) is 8.82. The van der Waals surface area contributed by atoms with E-state index in [0.29, 0.717) is 24.4 Å². The number of nitrogens with zero attached hydrogens (tertiary/aromatic N) is 3. The average molecular weight is 355 g/mol. The summed E-state index contributed by atoms with van der Waals surface area (Å²) in [6.07, 6.45) is 4.53. The Kier molecular flexibility index (Phi) is 3.71. The number of carbonyl (C=O) groups is 3. The Labute approximate surface area is 150 Å². The number of urea groups is 1. The number of amides is 4. The first-order valence-electron chi connectivity index (χ1n) is 8.82. The van der Waals surface area contributed by atoms with E-state index in [9.17, 15) is 14.4 Å². The van der Waals surface area contributed by atoms with Crippen LogP contribution in [0.3, 0.4) is 0 Å². The molecular formula is C18H21N5O3. The quantitative estimate of drug-likeness (QED) is 0.803. The molecule has 1 aliphatic heterocycles. The third-order valence-electron chi connectivity index (χ3n) is 5.43. The van der Waals surface area contributed by atoms with Crippen molar-refractivity contribution < 1.29 is 14.4 Å². The summed E-state index contributed by atoms with van der Waals surface area (Å²) in [4.78, 5) is 41.9. The van der Waals surface area contributed by atoms with Gasteiger partial charge in [0.05, 0.1) is 0 Å². The molecule has 4 amide bonds. The molecule has 1 aliphatic carbocycles. The van der Waals surface area contributed by atoms with Gasteiger partial charge in [0.2, 0.25) is 0 Å². The highest BCUT2D eigenvalue weighted by atomic mass is 16.2. The largest absolute Gasteiger partial charge is 0.344 e. The van der Waals surface area contributed by atoms with E-state index in [1.165, 1.54) is 0 Å². The van der Waals surface area contributed by atoms with Gasteiger partial charge in [-0.1, -0.05) is 13.0 Å². The van der Waals surface area contributed by atoms with Gasteiger partial charge in [0.25, 0.3) is 11.8 Å². The van der Waals surface area contributed by atoms with Crippen molar-refractivity contribution in [1.82, 2.24) is 25.1 Å². The number of hydrazine groups is 1. The van der Waals surface area contributed by atoms with Crippen molar-refractivity contribution in [3.63, 3.8) is 0 Å². The number of fused-ring (bicyclic) bond motifs is 1. The maximum absolute atomic E-state index is 12.8. The summed E-state index contributed by atoms with van der Waals surface area (Å²) in [7, 11) is 0. The summed E-state index contributed by atoms with van der Waals surface area (Å²) >= 11 is 0. The molecule has 1 saturated carbocycles. The standard InChI is InChI=1S/C18H21N5O3/c1-11-6-8-18(9-7-11)16(25)23(17(26)20-18)21-15(24)13-10-22-12(2)4-3-5-14(22)19-13/h3-5,10-11H,6-9H2,1-2H3,(H,20,26)(H,21,24). The number of aryl methyl sites for hydroxylation is 1. The van der Waals surface area contributed by atoms with Crippen molar-refractivity contribution >= 4 is 23.5 Å². The van der Waals surface area contributed by atoms with Gasteiger partial charge in [-0.15, -0.1) is 0 Å². The molecule has 136 valence electrons. The van der Waals surface area contributed by atoms with E-state index in [4.69, 9.17) is 0 Å². The lowest BCUT2D eigenvalue weighted by Gasteiger charge is -2.33. The maximum Gasteiger partial charge on any atom is 0.344 e. The lowest BCUT2D eigenvalue weighted by Crippen LogP contribution is -2.51. The van der Waals surface area contributed by atoms with Gasteiger partial charge >= 0.3 is 6.03 Å². The molecule has 2 aromatic rings. The molecule has 8 heteroatoms. The van der Waals surface area contributed by atoms with Crippen LogP contribution in [0.2, 0.25) is 0 Å². The molecule has 1 saturated heterocycles. The zero-order valence-electron chi connectivity index (χ0n) is 14.8. The second-order valence-electron chi connectivity index (χ2n) is 7.30. The molecule has 2 N–H and O–H groups in total. The van der Waals surface area contributed by atoms with Crippen molar-refractivity contribution in [2.75, 3.05) is 0 Å². The van der Waals surface area contributed by atoms with Gasteiger partial charge in [-0.2, -0.15) is 5.01 Å². The SMILES string of the molecule is Cc1cccc2nc(C(=O)NN3C(=O)NC4(CCC(C)CC4)C3=O)cn12. The van der Waals surface area contributed by atoms with Crippen LogP contribution in [0.1, 0.15) is 48.8 Å². The number of carbonyl (C=O) groups excluding carboxylic acids is 3. The first-order chi connectivity index (χ1) is 12.4. The van der Waals surface area contributed by atoms with Crippen LogP contribution in [0.4, 0.5) is 4.79 Å². The summed E-state index contributed by atoms with van der Waals surface area (Å²) in [6.45, 7) is 4.04. The van der Waals surface area contributed by atoms with E-state index in [0.717, 1.165) is 23.5 Å². The van der Waals surface area contributed by atoms with E-state index >= 15 is 0 Å². The molecule has 2 fully saturated rings. The van der Waals surface area contributed by atoms with Crippen LogP contribution < -0.4 is 10.7 Å². The summed E-state index contributed by atoms with van der Waals surface area (Å²) in [5, 5.41) is 3.58. The highest BCUT2D eigenvalue weighted by molar-refractivity contribution is 6.09. The normalized spacial score (nSPS) is 25.8. The molecule has 3 heterocycles. The van der Waals surface area contributed by atoms with E-state index < -0.39 is 17.5 Å². The van der Waals surface area contributed by atoms with Crippen molar-refractivity contribution in [3.05, 3.63) is 35.8 Å². The van der Waals surface area contributed by atoms with Gasteiger partial charge in [-0.25, -0.2) is 9.78 Å². The van der Waals surface area contributed by atoms with Crippen molar-refractivity contribution in [1.29, 1.82) is 0 Å². The first kappa shape index (κ1) is 16.6. The van der Waals surface area contributed by atoms with Crippen LogP contribution in [-0.4, -0.2) is 37.8 Å². The lowest BCUT2D eigenvalue weighted by atomic mass is 9.77. The summed E-state index contributed by atoms with van der Waals surface area (Å²) < 4.78 is 1.78. The average Bonchev–Trinajstić information content (AvgIpc) is 3.14. The van der Waals surface area contributed by atoms with Crippen LogP contribution in [0, 0.1) is 12.8 Å². The van der Waals surface area contributed by atoms with Gasteiger partial charge in [-0.3, -0.25) is 15.0 Å². The van der Waals surface area contributed by atoms with Crippen LogP contribution in [0.15, 0.2) is 24.4 Å². The Morgan fingerprint density at radius 1 is 1.31 bits per heavy atom. The number of pyridine rings is 1. The third kappa shape index (κ3) is 2.53. The molecule has 0 unspecified atom stereocenters. The predicted octanol–water partition coefficient (Wildman–Crippen LogP) is 1.79.